The number of anilines is 3. The summed E-state index contributed by atoms with van der Waals surface area (Å²) in [6, 6.07) is 5.63. The zero-order chi connectivity index (χ0) is 15.6. The van der Waals surface area contributed by atoms with Crippen molar-refractivity contribution >= 4 is 23.2 Å². The van der Waals surface area contributed by atoms with Crippen LogP contribution in [0.15, 0.2) is 36.5 Å². The molecule has 0 atom stereocenters. The van der Waals surface area contributed by atoms with Crippen LogP contribution < -0.4 is 11.1 Å². The highest BCUT2D eigenvalue weighted by Gasteiger charge is 2.30. The summed E-state index contributed by atoms with van der Waals surface area (Å²) >= 11 is 0. The van der Waals surface area contributed by atoms with Crippen LogP contribution in [0.25, 0.3) is 0 Å². The summed E-state index contributed by atoms with van der Waals surface area (Å²) in [6.45, 7) is 0. The Bertz CT molecular complexity index is 687. The number of halogens is 3. The Kier molecular flexibility index (Phi) is 3.70. The zero-order valence-corrected chi connectivity index (χ0v) is 10.5. The molecule has 0 bridgehead atoms. The van der Waals surface area contributed by atoms with E-state index in [0.717, 1.165) is 12.1 Å². The van der Waals surface area contributed by atoms with Crippen LogP contribution in [0.4, 0.5) is 30.4 Å². The maximum Gasteiger partial charge on any atom is 0.416 e. The smallest absolute Gasteiger partial charge is 0.416 e. The van der Waals surface area contributed by atoms with E-state index < -0.39 is 17.7 Å². The zero-order valence-electron chi connectivity index (χ0n) is 10.5. The summed E-state index contributed by atoms with van der Waals surface area (Å²) in [4.78, 5) is 14.8. The second-order valence-electron chi connectivity index (χ2n) is 4.13. The predicted octanol–water partition coefficient (Wildman–Crippen LogP) is 3.12. The van der Waals surface area contributed by atoms with E-state index in [1.54, 1.807) is 0 Å². The number of pyridine rings is 1. The number of aromatic carboxylic acids is 1. The van der Waals surface area contributed by atoms with Gasteiger partial charge in [-0.05, 0) is 24.3 Å². The Morgan fingerprint density at radius 1 is 1.29 bits per heavy atom. The molecule has 0 radical (unpaired) electrons. The topological polar surface area (TPSA) is 88.2 Å². The molecule has 0 fully saturated rings. The number of carboxylic acid groups (broad SMARTS) is 1. The number of aromatic nitrogens is 1. The van der Waals surface area contributed by atoms with Crippen LogP contribution >= 0.6 is 0 Å². The predicted molar refractivity (Wildman–Crippen MR) is 70.3 cm³/mol. The monoisotopic (exact) mass is 297 g/mol. The third-order valence-electron chi connectivity index (χ3n) is 2.67. The van der Waals surface area contributed by atoms with Crippen LogP contribution in [-0.2, 0) is 6.18 Å². The Morgan fingerprint density at radius 2 is 2.00 bits per heavy atom. The van der Waals surface area contributed by atoms with E-state index in [1.807, 2.05) is 0 Å². The molecular weight excluding hydrogens is 287 g/mol. The van der Waals surface area contributed by atoms with Crippen molar-refractivity contribution in [1.82, 2.24) is 4.98 Å². The molecule has 2 aromatic rings. The van der Waals surface area contributed by atoms with Gasteiger partial charge >= 0.3 is 12.1 Å². The molecule has 0 unspecified atom stereocenters. The number of carbonyl (C=O) groups is 1. The van der Waals surface area contributed by atoms with Gasteiger partial charge in [0.05, 0.1) is 16.8 Å². The Morgan fingerprint density at radius 3 is 2.62 bits per heavy atom. The fourth-order valence-corrected chi connectivity index (χ4v) is 1.67. The summed E-state index contributed by atoms with van der Waals surface area (Å²) in [6.07, 6.45) is -3.27. The van der Waals surface area contributed by atoms with Gasteiger partial charge in [0.2, 0.25) is 0 Å². The van der Waals surface area contributed by atoms with Gasteiger partial charge in [0.25, 0.3) is 0 Å². The van der Waals surface area contributed by atoms with Crippen LogP contribution in [0.3, 0.4) is 0 Å². The van der Waals surface area contributed by atoms with Gasteiger partial charge in [0, 0.05) is 11.9 Å². The average Bonchev–Trinajstić information content (AvgIpc) is 2.40. The molecule has 2 rings (SSSR count). The molecule has 5 nitrogen and oxygen atoms in total. The van der Waals surface area contributed by atoms with Gasteiger partial charge in [-0.15, -0.1) is 0 Å². The minimum atomic E-state index is -4.47. The lowest BCUT2D eigenvalue weighted by molar-refractivity contribution is -0.137. The first-order chi connectivity index (χ1) is 9.79. The normalized spacial score (nSPS) is 11.2. The summed E-state index contributed by atoms with van der Waals surface area (Å²) < 4.78 is 37.8. The van der Waals surface area contributed by atoms with Crippen molar-refractivity contribution in [2.75, 3.05) is 11.1 Å². The Balaban J connectivity index is 2.35. The Labute approximate surface area is 117 Å². The van der Waals surface area contributed by atoms with E-state index in [-0.39, 0.29) is 22.8 Å². The van der Waals surface area contributed by atoms with Gasteiger partial charge in [0.15, 0.2) is 5.82 Å². The second-order valence-corrected chi connectivity index (χ2v) is 4.13. The number of hydrogen-bond acceptors (Lipinski definition) is 4. The third kappa shape index (κ3) is 3.22. The molecular formula is C13H10F3N3O2. The lowest BCUT2D eigenvalue weighted by Crippen LogP contribution is -2.08. The van der Waals surface area contributed by atoms with Crippen molar-refractivity contribution in [3.05, 3.63) is 47.7 Å². The summed E-state index contributed by atoms with van der Waals surface area (Å²) in [5, 5.41) is 11.5. The molecule has 0 saturated carbocycles. The first kappa shape index (κ1) is 14.6. The molecule has 0 aliphatic heterocycles. The van der Waals surface area contributed by atoms with Crippen molar-refractivity contribution in [2.24, 2.45) is 0 Å². The number of nitrogens with two attached hydrogens (primary N) is 1. The fraction of sp³-hybridized carbons (Fsp3) is 0.0769. The van der Waals surface area contributed by atoms with Gasteiger partial charge in [0.1, 0.15) is 0 Å². The van der Waals surface area contributed by atoms with Gasteiger partial charge in [-0.2, -0.15) is 13.2 Å². The highest BCUT2D eigenvalue weighted by molar-refractivity contribution is 5.96. The molecule has 0 spiro atoms. The van der Waals surface area contributed by atoms with E-state index in [0.29, 0.717) is 0 Å². The lowest BCUT2D eigenvalue weighted by Gasteiger charge is -2.12. The van der Waals surface area contributed by atoms with Crippen LogP contribution in [0.5, 0.6) is 0 Å². The van der Waals surface area contributed by atoms with Gasteiger partial charge < -0.3 is 16.2 Å². The van der Waals surface area contributed by atoms with Crippen LogP contribution in [0.1, 0.15) is 15.9 Å². The largest absolute Gasteiger partial charge is 0.478 e. The summed E-state index contributed by atoms with van der Waals surface area (Å²) in [5.41, 5.74) is 4.57. The standard InChI is InChI=1S/C13H10F3N3O2/c14-13(15,16)7-2-1-3-8(6-7)19-11-10(17)9(12(20)21)4-5-18-11/h1-6H,17H2,(H,18,19)(H,20,21). The van der Waals surface area contributed by atoms with Gasteiger partial charge in [-0.3, -0.25) is 0 Å². The summed E-state index contributed by atoms with van der Waals surface area (Å²) in [7, 11) is 0. The molecule has 0 aliphatic carbocycles. The number of rotatable bonds is 3. The summed E-state index contributed by atoms with van der Waals surface area (Å²) in [5.74, 6) is -1.27. The molecule has 0 amide bonds. The Hall–Kier alpha value is -2.77. The minimum Gasteiger partial charge on any atom is -0.478 e. The first-order valence-corrected chi connectivity index (χ1v) is 5.71. The third-order valence-corrected chi connectivity index (χ3v) is 2.67. The van der Waals surface area contributed by atoms with Gasteiger partial charge in [-0.25, -0.2) is 9.78 Å². The van der Waals surface area contributed by atoms with Crippen LogP contribution in [0.2, 0.25) is 0 Å². The van der Waals surface area contributed by atoms with E-state index in [2.05, 4.69) is 10.3 Å². The van der Waals surface area contributed by atoms with E-state index >= 15 is 0 Å². The number of nitrogens with one attached hydrogen (secondary N) is 1. The number of carboxylic acids is 1. The molecule has 0 saturated heterocycles. The number of hydrogen-bond donors (Lipinski definition) is 3. The van der Waals surface area contributed by atoms with Crippen molar-refractivity contribution in [3.63, 3.8) is 0 Å². The maximum atomic E-state index is 12.6. The number of nitrogens with zero attached hydrogens (tertiary/aromatic N) is 1. The molecule has 110 valence electrons. The number of benzene rings is 1. The van der Waals surface area contributed by atoms with Crippen molar-refractivity contribution in [1.29, 1.82) is 0 Å². The quantitative estimate of drug-likeness (QED) is 0.810. The van der Waals surface area contributed by atoms with Crippen LogP contribution in [0, 0.1) is 0 Å². The second kappa shape index (κ2) is 5.31. The molecule has 1 aromatic heterocycles. The van der Waals surface area contributed by atoms with E-state index in [1.165, 1.54) is 24.4 Å². The number of nitrogen functional groups attached to an aromatic ring is 1. The molecule has 1 heterocycles. The number of alkyl halides is 3. The molecule has 21 heavy (non-hydrogen) atoms. The van der Waals surface area contributed by atoms with Crippen molar-refractivity contribution < 1.29 is 23.1 Å². The molecule has 4 N–H and O–H groups in total. The molecule has 1 aromatic carbocycles. The first-order valence-electron chi connectivity index (χ1n) is 5.71. The molecule has 0 aliphatic rings. The van der Waals surface area contributed by atoms with E-state index in [9.17, 15) is 18.0 Å². The fourth-order valence-electron chi connectivity index (χ4n) is 1.67. The lowest BCUT2D eigenvalue weighted by atomic mass is 10.2. The molecule has 8 heteroatoms. The van der Waals surface area contributed by atoms with E-state index in [4.69, 9.17) is 10.8 Å². The average molecular weight is 297 g/mol. The van der Waals surface area contributed by atoms with Crippen molar-refractivity contribution in [3.8, 4) is 0 Å². The minimum absolute atomic E-state index is 0.0192. The maximum absolute atomic E-state index is 12.6. The highest BCUT2D eigenvalue weighted by atomic mass is 19.4. The van der Waals surface area contributed by atoms with Crippen molar-refractivity contribution in [2.45, 2.75) is 6.18 Å². The SMILES string of the molecule is Nc1c(C(=O)O)ccnc1Nc1cccc(C(F)(F)F)c1. The highest BCUT2D eigenvalue weighted by Crippen LogP contribution is 2.32. The van der Waals surface area contributed by atoms with Gasteiger partial charge in [-0.1, -0.05) is 6.07 Å². The van der Waals surface area contributed by atoms with Crippen LogP contribution in [-0.4, -0.2) is 16.1 Å².